The van der Waals surface area contributed by atoms with Crippen LogP contribution < -0.4 is 16.4 Å². The number of thioether (sulfide) groups is 1. The third-order valence-electron chi connectivity index (χ3n) is 8.07. The van der Waals surface area contributed by atoms with Gasteiger partial charge in [-0.15, -0.1) is 0 Å². The lowest BCUT2D eigenvalue weighted by Gasteiger charge is -2.30. The second kappa shape index (κ2) is 19.8. The SMILES string of the molecule is CCC(CC)C(=O)SCCNC(=O)CCNC(=O)C(O)C(C)(C)COP(=O)(O)OP(=O)(O)OC[C@H]1O[C@@H](n2cnc3c(N)ncnc32)[C@H](O)[C@@H]1OP(=O)(O)O. The minimum absolute atomic E-state index is 0.0316. The molecular formula is C27H46N7O17P3S. The van der Waals surface area contributed by atoms with Crippen LogP contribution in [0.1, 0.15) is 53.2 Å². The highest BCUT2D eigenvalue weighted by Crippen LogP contribution is 2.61. The van der Waals surface area contributed by atoms with E-state index in [0.29, 0.717) is 5.75 Å². The maximum Gasteiger partial charge on any atom is 0.481 e. The number of nitrogens with one attached hydrogen (secondary N) is 2. The predicted molar refractivity (Wildman–Crippen MR) is 191 cm³/mol. The van der Waals surface area contributed by atoms with E-state index in [-0.39, 0.29) is 47.5 Å². The number of nitrogens with zero attached hydrogens (tertiary/aromatic N) is 4. The van der Waals surface area contributed by atoms with Gasteiger partial charge in [-0.3, -0.25) is 32.5 Å². The van der Waals surface area contributed by atoms with E-state index in [9.17, 15) is 57.9 Å². The van der Waals surface area contributed by atoms with E-state index in [0.717, 1.165) is 41.8 Å². The largest absolute Gasteiger partial charge is 0.481 e. The van der Waals surface area contributed by atoms with Gasteiger partial charge in [0.05, 0.1) is 19.5 Å². The maximum atomic E-state index is 12.7. The molecule has 0 radical (unpaired) electrons. The van der Waals surface area contributed by atoms with E-state index in [1.807, 2.05) is 13.8 Å². The lowest BCUT2D eigenvalue weighted by atomic mass is 9.87. The van der Waals surface area contributed by atoms with Gasteiger partial charge in [-0.1, -0.05) is 39.5 Å². The Morgan fingerprint density at radius 3 is 2.33 bits per heavy atom. The van der Waals surface area contributed by atoms with Crippen molar-refractivity contribution in [1.29, 1.82) is 0 Å². The number of nitrogen functional groups attached to an aromatic ring is 1. The fraction of sp³-hybridized carbons (Fsp3) is 0.704. The number of carbonyl (C=O) groups excluding carboxylic acids is 3. The Labute approximate surface area is 318 Å². The average molecular weight is 866 g/mol. The summed E-state index contributed by atoms with van der Waals surface area (Å²) in [4.78, 5) is 87.6. The Hall–Kier alpha value is -2.44. The number of ether oxygens (including phenoxy) is 1. The molecule has 10 N–H and O–H groups in total. The number of aromatic nitrogens is 4. The summed E-state index contributed by atoms with van der Waals surface area (Å²) in [7, 11) is -16.4. The molecule has 7 atom stereocenters. The van der Waals surface area contributed by atoms with Gasteiger partial charge in [0.15, 0.2) is 22.8 Å². The van der Waals surface area contributed by atoms with E-state index in [1.165, 1.54) is 13.8 Å². The van der Waals surface area contributed by atoms with Crippen molar-refractivity contribution in [3.8, 4) is 0 Å². The van der Waals surface area contributed by atoms with Gasteiger partial charge >= 0.3 is 23.5 Å². The number of rotatable bonds is 22. The molecule has 1 saturated heterocycles. The molecule has 2 aromatic heterocycles. The number of anilines is 1. The zero-order valence-corrected chi connectivity index (χ0v) is 33.6. The van der Waals surface area contributed by atoms with Crippen molar-refractivity contribution >= 4 is 69.1 Å². The van der Waals surface area contributed by atoms with Crippen molar-refractivity contribution in [2.24, 2.45) is 11.3 Å². The predicted octanol–water partition coefficient (Wildman–Crippen LogP) is 0.101. The first-order valence-electron chi connectivity index (χ1n) is 16.6. The second-order valence-corrected chi connectivity index (χ2v) is 18.1. The van der Waals surface area contributed by atoms with Crippen LogP contribution >= 0.6 is 35.2 Å². The molecule has 1 aliphatic heterocycles. The van der Waals surface area contributed by atoms with Crippen LogP contribution in [-0.4, -0.2) is 123 Å². The molecule has 0 bridgehead atoms. The van der Waals surface area contributed by atoms with E-state index >= 15 is 0 Å². The maximum absolute atomic E-state index is 12.7. The minimum Gasteiger partial charge on any atom is -0.386 e. The summed E-state index contributed by atoms with van der Waals surface area (Å²) in [6, 6.07) is 0. The van der Waals surface area contributed by atoms with Crippen LogP contribution in [0.5, 0.6) is 0 Å². The van der Waals surface area contributed by atoms with Crippen LogP contribution in [-0.2, 0) is 50.7 Å². The second-order valence-electron chi connectivity index (χ2n) is 12.8. The molecule has 0 saturated carbocycles. The number of amides is 2. The molecule has 28 heteroatoms. The van der Waals surface area contributed by atoms with Crippen molar-refractivity contribution in [2.45, 2.75) is 77.6 Å². The molecule has 55 heavy (non-hydrogen) atoms. The molecule has 0 aromatic carbocycles. The normalized spacial score (nSPS) is 21.9. The standard InChI is InChI=1S/C27H46N7O17P3S/c1-5-15(6-2)26(39)55-10-9-29-17(35)7-8-30-24(38)21(37)27(3,4)12-48-54(45,46)51-53(43,44)47-11-16-20(50-52(40,41)42)19(36)25(49-16)34-14-33-18-22(28)31-13-32-23(18)34/h13-16,19-21,25,36-37H,5-12H2,1-4H3,(H,29,35)(H,30,38)(H,43,44)(H,45,46)(H2,28,31,32)(H2,40,41,42)/t16-,19-,20-,21?,25-/m1/s1. The fourth-order valence-electron chi connectivity index (χ4n) is 5.02. The fourth-order valence-corrected chi connectivity index (χ4v) is 8.83. The van der Waals surface area contributed by atoms with Crippen LogP contribution in [0.3, 0.4) is 0 Å². The molecule has 1 aliphatic rings. The minimum atomic E-state index is -5.57. The number of aliphatic hydroxyl groups excluding tert-OH is 2. The third kappa shape index (κ3) is 13.9. The molecule has 1 fully saturated rings. The molecule has 0 aliphatic carbocycles. The first-order chi connectivity index (χ1) is 25.5. The van der Waals surface area contributed by atoms with E-state index in [1.54, 1.807) is 0 Å². The van der Waals surface area contributed by atoms with E-state index in [2.05, 4.69) is 34.4 Å². The molecule has 2 amide bonds. The number of aliphatic hydroxyl groups is 2. The number of nitrogens with two attached hydrogens (primary N) is 1. The Morgan fingerprint density at radius 1 is 1.04 bits per heavy atom. The molecule has 3 rings (SSSR count). The number of imidazole rings is 1. The molecule has 0 spiro atoms. The van der Waals surface area contributed by atoms with E-state index in [4.69, 9.17) is 19.5 Å². The van der Waals surface area contributed by atoms with E-state index < -0.39 is 84.6 Å². The topological polar surface area (TPSA) is 364 Å². The van der Waals surface area contributed by atoms with Crippen LogP contribution in [0.4, 0.5) is 5.82 Å². The van der Waals surface area contributed by atoms with Crippen molar-refractivity contribution in [3.63, 3.8) is 0 Å². The van der Waals surface area contributed by atoms with Crippen LogP contribution in [0.25, 0.3) is 11.2 Å². The lowest BCUT2D eigenvalue weighted by molar-refractivity contribution is -0.137. The van der Waals surface area contributed by atoms with Gasteiger partial charge < -0.3 is 50.9 Å². The van der Waals surface area contributed by atoms with Gasteiger partial charge in [0.1, 0.15) is 36.3 Å². The van der Waals surface area contributed by atoms with Gasteiger partial charge in [-0.25, -0.2) is 28.6 Å². The van der Waals surface area contributed by atoms with Crippen LogP contribution in [0.15, 0.2) is 12.7 Å². The molecule has 3 heterocycles. The molecular weight excluding hydrogens is 819 g/mol. The zero-order valence-electron chi connectivity index (χ0n) is 30.1. The molecule has 24 nitrogen and oxygen atoms in total. The average Bonchev–Trinajstić information content (AvgIpc) is 3.65. The van der Waals surface area contributed by atoms with Gasteiger partial charge in [0.25, 0.3) is 0 Å². The quantitative estimate of drug-likeness (QED) is 0.0560. The Kier molecular flexibility index (Phi) is 16.9. The summed E-state index contributed by atoms with van der Waals surface area (Å²) in [5, 5.41) is 26.4. The smallest absolute Gasteiger partial charge is 0.386 e. The zero-order chi connectivity index (χ0) is 41.4. The first kappa shape index (κ1) is 46.9. The molecule has 312 valence electrons. The monoisotopic (exact) mass is 865 g/mol. The first-order valence-corrected chi connectivity index (χ1v) is 22.1. The van der Waals surface area contributed by atoms with Crippen molar-refractivity contribution in [3.05, 3.63) is 12.7 Å². The number of hydrogen-bond donors (Lipinski definition) is 9. The van der Waals surface area contributed by atoms with Crippen LogP contribution in [0, 0.1) is 11.3 Å². The molecule has 2 aromatic rings. The van der Waals surface area contributed by atoms with Crippen LogP contribution in [0.2, 0.25) is 0 Å². The Bertz CT molecular complexity index is 1790. The summed E-state index contributed by atoms with van der Waals surface area (Å²) in [5.41, 5.74) is 4.27. The van der Waals surface area contributed by atoms with Crippen molar-refractivity contribution < 1.29 is 80.5 Å². The third-order valence-corrected chi connectivity index (χ3v) is 12.2. The van der Waals surface area contributed by atoms with Crippen molar-refractivity contribution in [2.75, 3.05) is 37.8 Å². The highest BCUT2D eigenvalue weighted by Gasteiger charge is 2.50. The Morgan fingerprint density at radius 2 is 1.69 bits per heavy atom. The summed E-state index contributed by atoms with van der Waals surface area (Å²) in [6.45, 7) is 4.39. The lowest BCUT2D eigenvalue weighted by Crippen LogP contribution is -2.46. The summed E-state index contributed by atoms with van der Waals surface area (Å²) in [5.74, 6) is -1.10. The number of phosphoric acid groups is 3. The highest BCUT2D eigenvalue weighted by atomic mass is 32.2. The van der Waals surface area contributed by atoms with Gasteiger partial charge in [-0.05, 0) is 12.8 Å². The number of hydrogen-bond acceptors (Lipinski definition) is 18. The summed E-state index contributed by atoms with van der Waals surface area (Å²) < 4.78 is 62.1. The Balaban J connectivity index is 1.50. The molecule has 3 unspecified atom stereocenters. The van der Waals surface area contributed by atoms with Gasteiger partial charge in [-0.2, -0.15) is 4.31 Å². The van der Waals surface area contributed by atoms with Crippen molar-refractivity contribution in [1.82, 2.24) is 30.2 Å². The van der Waals surface area contributed by atoms with Gasteiger partial charge in [0, 0.05) is 36.6 Å². The number of carbonyl (C=O) groups is 3. The number of fused-ring (bicyclic) bond motifs is 1. The highest BCUT2D eigenvalue weighted by molar-refractivity contribution is 8.13. The van der Waals surface area contributed by atoms with Gasteiger partial charge in [0.2, 0.25) is 11.8 Å². The summed E-state index contributed by atoms with van der Waals surface area (Å²) >= 11 is 1.13. The number of phosphoric ester groups is 3. The summed E-state index contributed by atoms with van der Waals surface area (Å²) in [6.07, 6.45) is -5.43.